The minimum Gasteiger partial charge on any atom is -0.497 e. The largest absolute Gasteiger partial charge is 0.497 e. The molecule has 2 aromatic carbocycles. The Hall–Kier alpha value is -3.06. The highest BCUT2D eigenvalue weighted by atomic mass is 16.5. The molecular formula is C22H29N3O4. The second-order valence-electron chi connectivity index (χ2n) is 7.22. The third-order valence-corrected chi connectivity index (χ3v) is 4.23. The zero-order valence-electron chi connectivity index (χ0n) is 17.1. The van der Waals surface area contributed by atoms with Crippen molar-refractivity contribution in [2.75, 3.05) is 12.4 Å². The number of carbonyl (C=O) groups is 2. The molecule has 0 heterocycles. The number of primary amides is 1. The topological polar surface area (TPSA) is 103 Å². The summed E-state index contributed by atoms with van der Waals surface area (Å²) in [5, 5.41) is 5.33. The van der Waals surface area contributed by atoms with Crippen molar-refractivity contribution in [1.29, 1.82) is 0 Å². The lowest BCUT2D eigenvalue weighted by Gasteiger charge is -2.19. The van der Waals surface area contributed by atoms with Gasteiger partial charge in [0.25, 0.3) is 0 Å². The van der Waals surface area contributed by atoms with Crippen LogP contribution in [0, 0.1) is 5.92 Å². The van der Waals surface area contributed by atoms with Crippen LogP contribution in [0.1, 0.15) is 31.4 Å². The van der Waals surface area contributed by atoms with Crippen molar-refractivity contribution in [3.63, 3.8) is 0 Å². The van der Waals surface area contributed by atoms with E-state index in [1.54, 1.807) is 13.2 Å². The first-order valence-electron chi connectivity index (χ1n) is 9.54. The Bertz CT molecular complexity index is 806. The molecule has 7 heteroatoms. The lowest BCUT2D eigenvalue weighted by molar-refractivity contribution is -0.118. The molecule has 29 heavy (non-hydrogen) atoms. The van der Waals surface area contributed by atoms with E-state index in [1.807, 2.05) is 56.3 Å². The van der Waals surface area contributed by atoms with Gasteiger partial charge in [0.1, 0.15) is 11.8 Å². The van der Waals surface area contributed by atoms with Crippen LogP contribution in [0.2, 0.25) is 0 Å². The standard InChI is InChI=1S/C22H29N3O4/c1-15(2)11-20(25-22(23)27)21(26)24-18-6-4-5-17(12-18)14-29-13-16-7-9-19(28-3)10-8-16/h4-10,12,15,20H,11,13-14H2,1-3H3,(H,24,26)(H3,23,25,27). The molecule has 0 saturated carbocycles. The summed E-state index contributed by atoms with van der Waals surface area (Å²) >= 11 is 0. The number of nitrogens with two attached hydrogens (primary N) is 1. The number of methoxy groups -OCH3 is 1. The normalized spacial score (nSPS) is 11.7. The SMILES string of the molecule is COc1ccc(COCc2cccc(NC(=O)C(CC(C)C)NC(N)=O)c2)cc1. The molecular weight excluding hydrogens is 370 g/mol. The van der Waals surface area contributed by atoms with Gasteiger partial charge in [-0.2, -0.15) is 0 Å². The quantitative estimate of drug-likeness (QED) is 0.569. The lowest BCUT2D eigenvalue weighted by atomic mass is 10.0. The van der Waals surface area contributed by atoms with Crippen molar-refractivity contribution in [2.24, 2.45) is 11.7 Å². The van der Waals surface area contributed by atoms with E-state index in [2.05, 4.69) is 10.6 Å². The van der Waals surface area contributed by atoms with Crippen LogP contribution >= 0.6 is 0 Å². The highest BCUT2D eigenvalue weighted by Gasteiger charge is 2.21. The zero-order chi connectivity index (χ0) is 21.2. The van der Waals surface area contributed by atoms with Gasteiger partial charge in [0.2, 0.25) is 5.91 Å². The van der Waals surface area contributed by atoms with Crippen LogP contribution in [0.15, 0.2) is 48.5 Å². The van der Waals surface area contributed by atoms with Gasteiger partial charge >= 0.3 is 6.03 Å². The Morgan fingerprint density at radius 3 is 2.34 bits per heavy atom. The number of anilines is 1. The average molecular weight is 399 g/mol. The van der Waals surface area contributed by atoms with E-state index in [4.69, 9.17) is 15.2 Å². The number of hydrogen-bond donors (Lipinski definition) is 3. The molecule has 7 nitrogen and oxygen atoms in total. The van der Waals surface area contributed by atoms with Gasteiger partial charge in [-0.15, -0.1) is 0 Å². The van der Waals surface area contributed by atoms with Gasteiger partial charge in [-0.05, 0) is 47.7 Å². The molecule has 3 amide bonds. The molecule has 0 aliphatic carbocycles. The summed E-state index contributed by atoms with van der Waals surface area (Å²) in [6.45, 7) is 4.83. The number of ether oxygens (including phenoxy) is 2. The van der Waals surface area contributed by atoms with E-state index >= 15 is 0 Å². The van der Waals surface area contributed by atoms with Crippen molar-refractivity contribution in [3.8, 4) is 5.75 Å². The third-order valence-electron chi connectivity index (χ3n) is 4.23. The molecule has 0 aliphatic heterocycles. The van der Waals surface area contributed by atoms with E-state index in [0.717, 1.165) is 16.9 Å². The Morgan fingerprint density at radius 2 is 1.72 bits per heavy atom. The molecule has 1 atom stereocenters. The van der Waals surface area contributed by atoms with Crippen LogP contribution in [-0.4, -0.2) is 25.1 Å². The summed E-state index contributed by atoms with van der Waals surface area (Å²) < 4.78 is 10.9. The van der Waals surface area contributed by atoms with Crippen LogP contribution in [-0.2, 0) is 22.7 Å². The predicted octanol–water partition coefficient (Wildman–Crippen LogP) is 3.43. The lowest BCUT2D eigenvalue weighted by Crippen LogP contribution is -2.46. The number of benzene rings is 2. The van der Waals surface area contributed by atoms with Crippen LogP contribution in [0.4, 0.5) is 10.5 Å². The highest BCUT2D eigenvalue weighted by molar-refractivity contribution is 5.96. The minimum absolute atomic E-state index is 0.232. The number of rotatable bonds is 10. The van der Waals surface area contributed by atoms with E-state index in [9.17, 15) is 9.59 Å². The van der Waals surface area contributed by atoms with E-state index in [0.29, 0.717) is 25.3 Å². The number of amides is 3. The highest BCUT2D eigenvalue weighted by Crippen LogP contribution is 2.16. The second kappa shape index (κ2) is 11.1. The number of carbonyl (C=O) groups excluding carboxylic acids is 2. The molecule has 2 aromatic rings. The van der Waals surface area contributed by atoms with E-state index < -0.39 is 12.1 Å². The zero-order valence-corrected chi connectivity index (χ0v) is 17.1. The van der Waals surface area contributed by atoms with Gasteiger partial charge in [-0.1, -0.05) is 38.1 Å². The molecule has 0 fully saturated rings. The molecule has 2 rings (SSSR count). The molecule has 0 saturated heterocycles. The third kappa shape index (κ3) is 7.83. The first-order valence-corrected chi connectivity index (χ1v) is 9.54. The van der Waals surface area contributed by atoms with Gasteiger partial charge in [0.05, 0.1) is 20.3 Å². The molecule has 0 aliphatic rings. The molecule has 4 N–H and O–H groups in total. The monoisotopic (exact) mass is 399 g/mol. The van der Waals surface area contributed by atoms with E-state index in [1.165, 1.54) is 0 Å². The molecule has 1 unspecified atom stereocenters. The Balaban J connectivity index is 1.91. The Morgan fingerprint density at radius 1 is 1.03 bits per heavy atom. The van der Waals surface area contributed by atoms with Crippen LogP contribution in [0.25, 0.3) is 0 Å². The van der Waals surface area contributed by atoms with Crippen molar-refractivity contribution >= 4 is 17.6 Å². The van der Waals surface area contributed by atoms with Crippen LogP contribution < -0.4 is 21.1 Å². The maximum atomic E-state index is 12.5. The maximum absolute atomic E-state index is 12.5. The van der Waals surface area contributed by atoms with E-state index in [-0.39, 0.29) is 11.8 Å². The van der Waals surface area contributed by atoms with Crippen molar-refractivity contribution in [2.45, 2.75) is 39.5 Å². The van der Waals surface area contributed by atoms with Crippen molar-refractivity contribution < 1.29 is 19.1 Å². The molecule has 0 spiro atoms. The average Bonchev–Trinajstić information content (AvgIpc) is 2.67. The fraction of sp³-hybridized carbons (Fsp3) is 0.364. The number of nitrogens with one attached hydrogen (secondary N) is 2. The van der Waals surface area contributed by atoms with Crippen LogP contribution in [0.3, 0.4) is 0 Å². The summed E-state index contributed by atoms with van der Waals surface area (Å²) in [4.78, 5) is 23.7. The van der Waals surface area contributed by atoms with Gasteiger partial charge in [-0.25, -0.2) is 4.79 Å². The minimum atomic E-state index is -0.716. The Kier molecular flexibility index (Phi) is 8.48. The molecule has 0 aromatic heterocycles. The Labute approximate surface area is 171 Å². The number of hydrogen-bond acceptors (Lipinski definition) is 4. The maximum Gasteiger partial charge on any atom is 0.312 e. The summed E-state index contributed by atoms with van der Waals surface area (Å²) in [5.74, 6) is 0.739. The fourth-order valence-corrected chi connectivity index (χ4v) is 2.85. The smallest absolute Gasteiger partial charge is 0.312 e. The van der Waals surface area contributed by atoms with Gasteiger partial charge in [0.15, 0.2) is 0 Å². The first-order chi connectivity index (χ1) is 13.9. The fourth-order valence-electron chi connectivity index (χ4n) is 2.85. The van der Waals surface area contributed by atoms with Crippen LogP contribution in [0.5, 0.6) is 5.75 Å². The van der Waals surface area contributed by atoms with Gasteiger partial charge < -0.3 is 25.8 Å². The van der Waals surface area contributed by atoms with Gasteiger partial charge in [0, 0.05) is 5.69 Å². The number of urea groups is 1. The van der Waals surface area contributed by atoms with Gasteiger partial charge in [-0.3, -0.25) is 4.79 Å². The van der Waals surface area contributed by atoms with Crippen molar-refractivity contribution in [1.82, 2.24) is 5.32 Å². The first kappa shape index (κ1) is 22.2. The summed E-state index contributed by atoms with van der Waals surface area (Å²) in [6, 6.07) is 13.7. The molecule has 156 valence electrons. The second-order valence-corrected chi connectivity index (χ2v) is 7.22. The molecule has 0 bridgehead atoms. The summed E-state index contributed by atoms with van der Waals surface area (Å²) in [7, 11) is 1.63. The molecule has 0 radical (unpaired) electrons. The summed E-state index contributed by atoms with van der Waals surface area (Å²) in [5.41, 5.74) is 7.81. The predicted molar refractivity (Wildman–Crippen MR) is 113 cm³/mol. The van der Waals surface area contributed by atoms with Crippen molar-refractivity contribution in [3.05, 3.63) is 59.7 Å². The summed E-state index contributed by atoms with van der Waals surface area (Å²) in [6.07, 6.45) is 0.499.